The molecule has 17 heavy (non-hydrogen) atoms. The highest BCUT2D eigenvalue weighted by molar-refractivity contribution is 5.94. The number of carboxylic acids is 1. The molecule has 0 radical (unpaired) electrons. The van der Waals surface area contributed by atoms with Crippen LogP contribution in [0.25, 0.3) is 11.5 Å². The Labute approximate surface area is 98.9 Å². The Bertz CT molecular complexity index is 543. The lowest BCUT2D eigenvalue weighted by Crippen LogP contribution is -1.99. The lowest BCUT2D eigenvalue weighted by Gasteiger charge is -2.00. The molecule has 4 nitrogen and oxygen atoms in total. The van der Waals surface area contributed by atoms with Gasteiger partial charge in [0.2, 0.25) is 5.89 Å². The molecule has 0 bridgehead atoms. The van der Waals surface area contributed by atoms with Crippen LogP contribution in [-0.2, 0) is 0 Å². The third-order valence-corrected chi connectivity index (χ3v) is 2.50. The van der Waals surface area contributed by atoms with Crippen molar-refractivity contribution in [2.45, 2.75) is 19.8 Å². The normalized spacial score (nSPS) is 10.8. The molecule has 1 aromatic heterocycles. The molecule has 0 saturated heterocycles. The van der Waals surface area contributed by atoms with Crippen molar-refractivity contribution in [1.82, 2.24) is 4.98 Å². The average molecular weight is 231 g/mol. The molecule has 0 saturated carbocycles. The third-order valence-electron chi connectivity index (χ3n) is 2.50. The molecule has 1 heterocycles. The van der Waals surface area contributed by atoms with Gasteiger partial charge in [0.1, 0.15) is 6.26 Å². The van der Waals surface area contributed by atoms with Crippen LogP contribution in [0, 0.1) is 0 Å². The molecule has 4 heteroatoms. The maximum atomic E-state index is 11.1. The highest BCUT2D eigenvalue weighted by Gasteiger charge is 2.16. The molecule has 0 aliphatic carbocycles. The Morgan fingerprint density at radius 2 is 2.06 bits per heavy atom. The summed E-state index contributed by atoms with van der Waals surface area (Å²) < 4.78 is 5.33. The van der Waals surface area contributed by atoms with Crippen molar-refractivity contribution < 1.29 is 14.3 Å². The maximum Gasteiger partial charge on any atom is 0.336 e. The Kier molecular flexibility index (Phi) is 2.95. The predicted octanol–water partition coefficient (Wildman–Crippen LogP) is 3.16. The Balaban J connectivity index is 2.49. The van der Waals surface area contributed by atoms with Gasteiger partial charge in [0.05, 0.1) is 16.8 Å². The molecule has 0 amide bonds. The number of hydrogen-bond acceptors (Lipinski definition) is 3. The molecule has 0 atom stereocenters. The zero-order valence-corrected chi connectivity index (χ0v) is 9.68. The van der Waals surface area contributed by atoms with Crippen LogP contribution in [0.1, 0.15) is 35.8 Å². The maximum absolute atomic E-state index is 11.1. The molecule has 0 aliphatic rings. The predicted molar refractivity (Wildman–Crippen MR) is 63.0 cm³/mol. The van der Waals surface area contributed by atoms with Crippen LogP contribution in [0.4, 0.5) is 0 Å². The van der Waals surface area contributed by atoms with Gasteiger partial charge in [-0.1, -0.05) is 26.0 Å². The smallest absolute Gasteiger partial charge is 0.336 e. The fraction of sp³-hybridized carbons (Fsp3) is 0.231. The van der Waals surface area contributed by atoms with E-state index < -0.39 is 5.97 Å². The van der Waals surface area contributed by atoms with E-state index in [1.165, 1.54) is 6.07 Å². The van der Waals surface area contributed by atoms with E-state index in [2.05, 4.69) is 4.98 Å². The fourth-order valence-electron chi connectivity index (χ4n) is 1.53. The molecular formula is C13H13NO3. The minimum Gasteiger partial charge on any atom is -0.478 e. The standard InChI is InChI=1S/C13H13NO3/c1-8(2)11-7-17-12(14-11)9-5-3-4-6-10(9)13(15)16/h3-8H,1-2H3,(H,15,16). The van der Waals surface area contributed by atoms with E-state index >= 15 is 0 Å². The number of hydrogen-bond donors (Lipinski definition) is 1. The first-order valence-electron chi connectivity index (χ1n) is 5.37. The van der Waals surface area contributed by atoms with E-state index in [0.29, 0.717) is 11.5 Å². The Morgan fingerprint density at radius 3 is 2.65 bits per heavy atom. The molecule has 88 valence electrons. The second-order valence-electron chi connectivity index (χ2n) is 4.08. The van der Waals surface area contributed by atoms with Gasteiger partial charge < -0.3 is 9.52 Å². The van der Waals surface area contributed by atoms with Crippen molar-refractivity contribution in [1.29, 1.82) is 0 Å². The number of nitrogens with zero attached hydrogens (tertiary/aromatic N) is 1. The van der Waals surface area contributed by atoms with Gasteiger partial charge in [-0.15, -0.1) is 0 Å². The molecule has 0 unspecified atom stereocenters. The van der Waals surface area contributed by atoms with Crippen molar-refractivity contribution in [2.75, 3.05) is 0 Å². The number of aromatic carboxylic acids is 1. The highest BCUT2D eigenvalue weighted by atomic mass is 16.4. The fourth-order valence-corrected chi connectivity index (χ4v) is 1.53. The van der Waals surface area contributed by atoms with Crippen molar-refractivity contribution in [3.05, 3.63) is 41.8 Å². The largest absolute Gasteiger partial charge is 0.478 e. The number of carbonyl (C=O) groups is 1. The average Bonchev–Trinajstić information content (AvgIpc) is 2.78. The second-order valence-corrected chi connectivity index (χ2v) is 4.08. The molecule has 0 aliphatic heterocycles. The van der Waals surface area contributed by atoms with Gasteiger partial charge in [-0.05, 0) is 18.1 Å². The molecule has 0 fully saturated rings. The summed E-state index contributed by atoms with van der Waals surface area (Å²) >= 11 is 0. The van der Waals surface area contributed by atoms with E-state index in [9.17, 15) is 4.79 Å². The number of carboxylic acid groups (broad SMARTS) is 1. The van der Waals surface area contributed by atoms with Crippen molar-refractivity contribution in [3.8, 4) is 11.5 Å². The van der Waals surface area contributed by atoms with Crippen LogP contribution in [0.5, 0.6) is 0 Å². The van der Waals surface area contributed by atoms with E-state index in [1.807, 2.05) is 13.8 Å². The summed E-state index contributed by atoms with van der Waals surface area (Å²) in [4.78, 5) is 15.4. The molecule has 0 spiro atoms. The molecule has 2 aromatic rings. The highest BCUT2D eigenvalue weighted by Crippen LogP contribution is 2.25. The first kappa shape index (κ1) is 11.4. The van der Waals surface area contributed by atoms with Crippen molar-refractivity contribution in [2.24, 2.45) is 0 Å². The summed E-state index contributed by atoms with van der Waals surface area (Å²) in [6.45, 7) is 4.01. The second kappa shape index (κ2) is 4.41. The minimum atomic E-state index is -0.982. The van der Waals surface area contributed by atoms with Crippen LogP contribution in [0.2, 0.25) is 0 Å². The minimum absolute atomic E-state index is 0.199. The zero-order chi connectivity index (χ0) is 12.4. The van der Waals surface area contributed by atoms with Gasteiger partial charge in [0.15, 0.2) is 0 Å². The zero-order valence-electron chi connectivity index (χ0n) is 9.68. The first-order chi connectivity index (χ1) is 8.09. The van der Waals surface area contributed by atoms with Gasteiger partial charge in [-0.2, -0.15) is 0 Å². The number of benzene rings is 1. The lowest BCUT2D eigenvalue weighted by molar-refractivity contribution is 0.0697. The summed E-state index contributed by atoms with van der Waals surface area (Å²) in [5.74, 6) is -0.374. The summed E-state index contributed by atoms with van der Waals surface area (Å²) in [5, 5.41) is 9.07. The van der Waals surface area contributed by atoms with Crippen LogP contribution >= 0.6 is 0 Å². The van der Waals surface area contributed by atoms with Crippen LogP contribution in [0.15, 0.2) is 34.9 Å². The Morgan fingerprint density at radius 1 is 1.35 bits per heavy atom. The molecular weight excluding hydrogens is 218 g/mol. The molecule has 1 aromatic carbocycles. The quantitative estimate of drug-likeness (QED) is 0.881. The molecule has 2 rings (SSSR count). The SMILES string of the molecule is CC(C)c1coc(-c2ccccc2C(=O)O)n1. The van der Waals surface area contributed by atoms with Crippen LogP contribution < -0.4 is 0 Å². The monoisotopic (exact) mass is 231 g/mol. The van der Waals surface area contributed by atoms with E-state index in [0.717, 1.165) is 5.69 Å². The molecule has 1 N–H and O–H groups in total. The van der Waals surface area contributed by atoms with E-state index in [1.54, 1.807) is 24.5 Å². The van der Waals surface area contributed by atoms with E-state index in [-0.39, 0.29) is 11.5 Å². The Hall–Kier alpha value is -2.10. The van der Waals surface area contributed by atoms with E-state index in [4.69, 9.17) is 9.52 Å². The summed E-state index contributed by atoms with van der Waals surface area (Å²) in [7, 11) is 0. The number of aromatic nitrogens is 1. The first-order valence-corrected chi connectivity index (χ1v) is 5.37. The van der Waals surface area contributed by atoms with Crippen LogP contribution in [-0.4, -0.2) is 16.1 Å². The van der Waals surface area contributed by atoms with Gasteiger partial charge in [0, 0.05) is 0 Å². The third kappa shape index (κ3) is 2.20. The summed E-state index contributed by atoms with van der Waals surface area (Å²) in [6, 6.07) is 6.68. The summed E-state index contributed by atoms with van der Waals surface area (Å²) in [5.41, 5.74) is 1.52. The number of oxazole rings is 1. The lowest BCUT2D eigenvalue weighted by atomic mass is 10.1. The van der Waals surface area contributed by atoms with Gasteiger partial charge in [-0.25, -0.2) is 9.78 Å². The number of rotatable bonds is 3. The van der Waals surface area contributed by atoms with Crippen molar-refractivity contribution in [3.63, 3.8) is 0 Å². The van der Waals surface area contributed by atoms with Gasteiger partial charge in [0.25, 0.3) is 0 Å². The topological polar surface area (TPSA) is 63.3 Å². The van der Waals surface area contributed by atoms with Gasteiger partial charge >= 0.3 is 5.97 Å². The van der Waals surface area contributed by atoms with Crippen LogP contribution in [0.3, 0.4) is 0 Å². The van der Waals surface area contributed by atoms with Gasteiger partial charge in [-0.3, -0.25) is 0 Å². The van der Waals surface area contributed by atoms with Crippen molar-refractivity contribution >= 4 is 5.97 Å². The summed E-state index contributed by atoms with van der Waals surface area (Å²) in [6.07, 6.45) is 1.57.